The van der Waals surface area contributed by atoms with Crippen molar-refractivity contribution < 1.29 is 23.4 Å². The summed E-state index contributed by atoms with van der Waals surface area (Å²) in [5.41, 5.74) is 0. The summed E-state index contributed by atoms with van der Waals surface area (Å²) in [6.07, 6.45) is 0.891. The molecule has 0 saturated carbocycles. The van der Waals surface area contributed by atoms with Gasteiger partial charge < -0.3 is 23.4 Å². The molecule has 1 N–H and O–H groups in total. The van der Waals surface area contributed by atoms with Crippen molar-refractivity contribution in [3.8, 4) is 0 Å². The molecule has 2 rings (SSSR count). The minimum Gasteiger partial charge on any atom is -0.464 e. The van der Waals surface area contributed by atoms with Crippen LogP contribution in [-0.4, -0.2) is 18.3 Å². The maximum atomic E-state index is 8.86. The number of aryl methyl sites for hydroxylation is 1. The van der Waals surface area contributed by atoms with Crippen molar-refractivity contribution in [3.05, 3.63) is 47.3 Å². The quantitative estimate of drug-likeness (QED) is 0.715. The molecule has 0 fully saturated rings. The number of hydrogen-bond donors (Lipinski definition) is 1. The van der Waals surface area contributed by atoms with Crippen LogP contribution in [0.25, 0.3) is 0 Å². The highest BCUT2D eigenvalue weighted by Gasteiger charge is 2.02. The van der Waals surface area contributed by atoms with Crippen molar-refractivity contribution in [2.45, 2.75) is 33.2 Å². The van der Waals surface area contributed by atoms with Crippen molar-refractivity contribution in [1.82, 2.24) is 0 Å². The van der Waals surface area contributed by atoms with E-state index in [-0.39, 0.29) is 6.61 Å². The molecule has 0 aliphatic heterocycles. The van der Waals surface area contributed by atoms with E-state index in [0.29, 0.717) is 37.9 Å². The fourth-order valence-electron chi connectivity index (χ4n) is 1.74. The highest BCUT2D eigenvalue weighted by molar-refractivity contribution is 5.06. The summed E-state index contributed by atoms with van der Waals surface area (Å²) in [7, 11) is 0. The lowest BCUT2D eigenvalue weighted by molar-refractivity contribution is 0.0229. The maximum absolute atomic E-state index is 8.86. The van der Waals surface area contributed by atoms with Crippen LogP contribution in [0.1, 0.15) is 30.0 Å². The van der Waals surface area contributed by atoms with Gasteiger partial charge in [-0.05, 0) is 24.3 Å². The van der Waals surface area contributed by atoms with Crippen LogP contribution in [-0.2, 0) is 35.7 Å². The zero-order chi connectivity index (χ0) is 14.2. The average molecular weight is 280 g/mol. The fourth-order valence-corrected chi connectivity index (χ4v) is 1.74. The highest BCUT2D eigenvalue weighted by atomic mass is 16.5. The second-order valence-corrected chi connectivity index (χ2v) is 4.35. The second-order valence-electron chi connectivity index (χ2n) is 4.35. The molecule has 0 saturated heterocycles. The monoisotopic (exact) mass is 280 g/mol. The average Bonchev–Trinajstić information content (AvgIpc) is 3.11. The summed E-state index contributed by atoms with van der Waals surface area (Å²) in [6.45, 7) is 3.77. The summed E-state index contributed by atoms with van der Waals surface area (Å²) < 4.78 is 21.7. The Morgan fingerprint density at radius 2 is 1.35 bits per heavy atom. The van der Waals surface area contributed by atoms with E-state index in [9.17, 15) is 0 Å². The van der Waals surface area contributed by atoms with Gasteiger partial charge in [0.25, 0.3) is 0 Å². The Kier molecular flexibility index (Phi) is 5.86. The van der Waals surface area contributed by atoms with Gasteiger partial charge in [-0.25, -0.2) is 0 Å². The fraction of sp³-hybridized carbons (Fsp3) is 0.467. The number of ether oxygens (including phenoxy) is 2. The number of aliphatic hydroxyl groups excluding tert-OH is 1. The van der Waals surface area contributed by atoms with Crippen LogP contribution in [0.5, 0.6) is 0 Å². The largest absolute Gasteiger partial charge is 0.464 e. The van der Waals surface area contributed by atoms with Crippen LogP contribution >= 0.6 is 0 Å². The minimum absolute atomic E-state index is 0.0913. The first-order chi connectivity index (χ1) is 9.81. The molecule has 2 aromatic rings. The summed E-state index contributed by atoms with van der Waals surface area (Å²) in [4.78, 5) is 0. The molecule has 2 aromatic heterocycles. The molecule has 0 bridgehead atoms. The van der Waals surface area contributed by atoms with Gasteiger partial charge in [-0.2, -0.15) is 0 Å². The van der Waals surface area contributed by atoms with Gasteiger partial charge in [-0.1, -0.05) is 6.92 Å². The standard InChI is InChI=1S/C15H20O5/c1-2-12-3-5-14(19-12)10-17-7-8-18-11-15-6-4-13(9-16)20-15/h3-6,16H,2,7-11H2,1H3. The highest BCUT2D eigenvalue weighted by Crippen LogP contribution is 2.10. The van der Waals surface area contributed by atoms with Gasteiger partial charge in [0.2, 0.25) is 0 Å². The Bertz CT molecular complexity index is 454. The van der Waals surface area contributed by atoms with Crippen molar-refractivity contribution in [2.75, 3.05) is 13.2 Å². The van der Waals surface area contributed by atoms with Gasteiger partial charge in [-0.15, -0.1) is 0 Å². The van der Waals surface area contributed by atoms with Crippen molar-refractivity contribution in [2.24, 2.45) is 0 Å². The van der Waals surface area contributed by atoms with E-state index in [4.69, 9.17) is 23.4 Å². The van der Waals surface area contributed by atoms with E-state index in [1.807, 2.05) is 19.1 Å². The Labute approximate surface area is 118 Å². The molecule has 2 heterocycles. The lowest BCUT2D eigenvalue weighted by Gasteiger charge is -2.03. The summed E-state index contributed by atoms with van der Waals surface area (Å²) >= 11 is 0. The van der Waals surface area contributed by atoms with Crippen molar-refractivity contribution in [3.63, 3.8) is 0 Å². The Morgan fingerprint density at radius 3 is 1.80 bits per heavy atom. The molecule has 0 amide bonds. The lowest BCUT2D eigenvalue weighted by atomic mass is 10.4. The molecule has 0 aliphatic rings. The van der Waals surface area contributed by atoms with E-state index in [1.54, 1.807) is 12.1 Å². The Balaban J connectivity index is 1.55. The number of rotatable bonds is 9. The summed E-state index contributed by atoms with van der Waals surface area (Å²) in [5, 5.41) is 8.86. The Morgan fingerprint density at radius 1 is 0.850 bits per heavy atom. The first kappa shape index (κ1) is 14.8. The Hall–Kier alpha value is -1.56. The smallest absolute Gasteiger partial charge is 0.129 e. The van der Waals surface area contributed by atoms with Crippen LogP contribution in [0.3, 0.4) is 0 Å². The molecule has 0 unspecified atom stereocenters. The van der Waals surface area contributed by atoms with Gasteiger partial charge in [0.05, 0.1) is 13.2 Å². The van der Waals surface area contributed by atoms with Crippen LogP contribution in [0, 0.1) is 0 Å². The second kappa shape index (κ2) is 7.89. The van der Waals surface area contributed by atoms with Gasteiger partial charge in [-0.3, -0.25) is 0 Å². The lowest BCUT2D eigenvalue weighted by Crippen LogP contribution is -2.03. The molecule has 20 heavy (non-hydrogen) atoms. The van der Waals surface area contributed by atoms with E-state index in [1.165, 1.54) is 0 Å². The van der Waals surface area contributed by atoms with Crippen LogP contribution < -0.4 is 0 Å². The maximum Gasteiger partial charge on any atom is 0.129 e. The van der Waals surface area contributed by atoms with E-state index in [0.717, 1.165) is 17.9 Å². The van der Waals surface area contributed by atoms with Gasteiger partial charge in [0, 0.05) is 6.42 Å². The van der Waals surface area contributed by atoms with E-state index in [2.05, 4.69) is 0 Å². The van der Waals surface area contributed by atoms with E-state index < -0.39 is 0 Å². The van der Waals surface area contributed by atoms with Crippen molar-refractivity contribution in [1.29, 1.82) is 0 Å². The zero-order valence-electron chi connectivity index (χ0n) is 11.6. The van der Waals surface area contributed by atoms with Crippen molar-refractivity contribution >= 4 is 0 Å². The SMILES string of the molecule is CCc1ccc(COCCOCc2ccc(CO)o2)o1. The van der Waals surface area contributed by atoms with E-state index >= 15 is 0 Å². The molecular weight excluding hydrogens is 260 g/mol. The molecule has 0 aliphatic carbocycles. The predicted octanol–water partition coefficient (Wildman–Crippen LogP) is 2.66. The molecule has 110 valence electrons. The molecule has 0 atom stereocenters. The van der Waals surface area contributed by atoms with Crippen LogP contribution in [0.15, 0.2) is 33.1 Å². The third kappa shape index (κ3) is 4.52. The normalized spacial score (nSPS) is 11.1. The van der Waals surface area contributed by atoms with Crippen LogP contribution in [0.2, 0.25) is 0 Å². The number of aliphatic hydroxyl groups is 1. The summed E-state index contributed by atoms with van der Waals surface area (Å²) in [6, 6.07) is 7.42. The third-order valence-corrected chi connectivity index (χ3v) is 2.80. The molecule has 5 nitrogen and oxygen atoms in total. The zero-order valence-corrected chi connectivity index (χ0v) is 11.6. The molecule has 5 heteroatoms. The van der Waals surface area contributed by atoms with Gasteiger partial charge in [0.1, 0.15) is 42.9 Å². The minimum atomic E-state index is -0.0913. The first-order valence-corrected chi connectivity index (χ1v) is 6.73. The molecule has 0 aromatic carbocycles. The molecule has 0 spiro atoms. The number of hydrogen-bond acceptors (Lipinski definition) is 5. The topological polar surface area (TPSA) is 65.0 Å². The molecular formula is C15H20O5. The van der Waals surface area contributed by atoms with Crippen LogP contribution in [0.4, 0.5) is 0 Å². The predicted molar refractivity (Wildman–Crippen MR) is 72.0 cm³/mol. The summed E-state index contributed by atoms with van der Waals surface area (Å²) in [5.74, 6) is 3.05. The molecule has 0 radical (unpaired) electrons. The van der Waals surface area contributed by atoms with Gasteiger partial charge >= 0.3 is 0 Å². The third-order valence-electron chi connectivity index (χ3n) is 2.80. The number of furan rings is 2. The van der Waals surface area contributed by atoms with Gasteiger partial charge in [0.15, 0.2) is 0 Å². The first-order valence-electron chi connectivity index (χ1n) is 6.73.